The van der Waals surface area contributed by atoms with Crippen molar-refractivity contribution >= 4 is 5.91 Å². The molecule has 3 N–H and O–H groups in total. The van der Waals surface area contributed by atoms with Crippen molar-refractivity contribution in [3.8, 4) is 17.0 Å². The second kappa shape index (κ2) is 6.51. The van der Waals surface area contributed by atoms with Crippen LogP contribution in [0.25, 0.3) is 11.3 Å². The lowest BCUT2D eigenvalue weighted by atomic mass is 9.95. The molecule has 1 amide bonds. The van der Waals surface area contributed by atoms with Gasteiger partial charge in [0, 0.05) is 17.7 Å². The summed E-state index contributed by atoms with van der Waals surface area (Å²) < 4.78 is 13.4. The van der Waals surface area contributed by atoms with Gasteiger partial charge in [-0.2, -0.15) is 5.10 Å². The summed E-state index contributed by atoms with van der Waals surface area (Å²) in [6.07, 6.45) is 0. The Balaban J connectivity index is 1.92. The number of fused-ring (bicyclic) bond motifs is 1. The number of aromatic nitrogens is 2. The first-order chi connectivity index (χ1) is 13.0. The molecule has 0 unspecified atom stereocenters. The highest BCUT2D eigenvalue weighted by Gasteiger charge is 2.42. The number of carbonyl (C=O) groups is 1. The molecule has 3 aromatic rings. The molecular formula is C20H18FN3O3. The first-order valence-electron chi connectivity index (χ1n) is 8.56. The molecule has 6 nitrogen and oxygen atoms in total. The molecule has 138 valence electrons. The van der Waals surface area contributed by atoms with Gasteiger partial charge in [-0.15, -0.1) is 0 Å². The number of carbonyl (C=O) groups excluding carboxylic acids is 1. The number of H-pyrrole nitrogens is 1. The van der Waals surface area contributed by atoms with Gasteiger partial charge in [-0.1, -0.05) is 23.8 Å². The van der Waals surface area contributed by atoms with Crippen LogP contribution in [0.15, 0.2) is 42.5 Å². The number of nitrogens with one attached hydrogen (secondary N) is 1. The molecule has 0 fully saturated rings. The summed E-state index contributed by atoms with van der Waals surface area (Å²) in [4.78, 5) is 14.4. The number of aryl methyl sites for hydroxylation is 1. The number of halogens is 1. The monoisotopic (exact) mass is 367 g/mol. The van der Waals surface area contributed by atoms with Gasteiger partial charge in [-0.25, -0.2) is 4.39 Å². The van der Waals surface area contributed by atoms with Gasteiger partial charge in [-0.05, 0) is 36.8 Å². The Hall–Kier alpha value is -3.19. The molecule has 0 saturated heterocycles. The maximum atomic E-state index is 13.4. The van der Waals surface area contributed by atoms with Crippen LogP contribution in [0.5, 0.6) is 5.75 Å². The molecule has 0 aliphatic carbocycles. The molecule has 1 aromatic heterocycles. The number of aliphatic hydroxyl groups is 1. The molecule has 0 bridgehead atoms. The lowest BCUT2D eigenvalue weighted by Gasteiger charge is -2.25. The van der Waals surface area contributed by atoms with Crippen molar-refractivity contribution in [2.24, 2.45) is 0 Å². The van der Waals surface area contributed by atoms with E-state index in [9.17, 15) is 19.4 Å². The van der Waals surface area contributed by atoms with Crippen LogP contribution in [0.1, 0.15) is 33.2 Å². The van der Waals surface area contributed by atoms with Crippen LogP contribution in [0.3, 0.4) is 0 Å². The van der Waals surface area contributed by atoms with Crippen molar-refractivity contribution in [2.75, 3.05) is 13.2 Å². The largest absolute Gasteiger partial charge is 0.507 e. The van der Waals surface area contributed by atoms with Gasteiger partial charge in [0.1, 0.15) is 23.0 Å². The third kappa shape index (κ3) is 2.76. The number of nitrogens with zero attached hydrogens (tertiary/aromatic N) is 2. The molecule has 1 aliphatic heterocycles. The van der Waals surface area contributed by atoms with Gasteiger partial charge in [-0.3, -0.25) is 9.89 Å². The fourth-order valence-electron chi connectivity index (χ4n) is 3.57. The highest BCUT2D eigenvalue weighted by atomic mass is 19.1. The topological polar surface area (TPSA) is 89.5 Å². The van der Waals surface area contributed by atoms with Crippen molar-refractivity contribution in [1.29, 1.82) is 0 Å². The van der Waals surface area contributed by atoms with Crippen LogP contribution in [0.4, 0.5) is 4.39 Å². The lowest BCUT2D eigenvalue weighted by molar-refractivity contribution is 0.0706. The average molecular weight is 367 g/mol. The molecular weight excluding hydrogens is 349 g/mol. The third-order valence-corrected chi connectivity index (χ3v) is 4.80. The summed E-state index contributed by atoms with van der Waals surface area (Å²) in [6.45, 7) is 1.82. The number of phenolic OH excluding ortho intramolecular Hbond substituents is 1. The van der Waals surface area contributed by atoms with Crippen molar-refractivity contribution in [3.05, 3.63) is 70.7 Å². The SMILES string of the molecule is Cc1ccc(O)c(-c2n[nH]c3c2[C@@H](c2ccc(F)cc2)N(CCO)C3=O)c1. The lowest BCUT2D eigenvalue weighted by Crippen LogP contribution is -2.32. The molecule has 4 rings (SSSR count). The fourth-order valence-corrected chi connectivity index (χ4v) is 3.57. The van der Waals surface area contributed by atoms with Gasteiger partial charge >= 0.3 is 0 Å². The molecule has 2 heterocycles. The number of β-amino-alcohol motifs (C(OH)–C–C–N with tert-alkyl or cyclic N) is 1. The zero-order valence-electron chi connectivity index (χ0n) is 14.6. The summed E-state index contributed by atoms with van der Waals surface area (Å²) in [7, 11) is 0. The number of aliphatic hydroxyl groups excluding tert-OH is 1. The summed E-state index contributed by atoms with van der Waals surface area (Å²) in [5.74, 6) is -0.610. The van der Waals surface area contributed by atoms with E-state index >= 15 is 0 Å². The highest BCUT2D eigenvalue weighted by molar-refractivity contribution is 6.00. The smallest absolute Gasteiger partial charge is 0.273 e. The molecule has 7 heteroatoms. The Kier molecular flexibility index (Phi) is 4.16. The van der Waals surface area contributed by atoms with Crippen molar-refractivity contribution < 1.29 is 19.4 Å². The third-order valence-electron chi connectivity index (χ3n) is 4.80. The van der Waals surface area contributed by atoms with Crippen molar-refractivity contribution in [2.45, 2.75) is 13.0 Å². The number of phenols is 1. The normalized spacial score (nSPS) is 16.0. The van der Waals surface area contributed by atoms with Crippen LogP contribution in [-0.4, -0.2) is 44.4 Å². The Morgan fingerprint density at radius 2 is 1.96 bits per heavy atom. The maximum Gasteiger partial charge on any atom is 0.273 e. The number of rotatable bonds is 4. The molecule has 1 aliphatic rings. The summed E-state index contributed by atoms with van der Waals surface area (Å²) in [5, 5.41) is 26.8. The Bertz CT molecular complexity index is 1010. The predicted octanol–water partition coefficient (Wildman–Crippen LogP) is 2.77. The first kappa shape index (κ1) is 17.2. The zero-order chi connectivity index (χ0) is 19.1. The molecule has 2 aromatic carbocycles. The number of aromatic hydroxyl groups is 1. The second-order valence-corrected chi connectivity index (χ2v) is 6.56. The Labute approximate surface area is 154 Å². The van der Waals surface area contributed by atoms with Crippen LogP contribution in [0, 0.1) is 12.7 Å². The van der Waals surface area contributed by atoms with Crippen LogP contribution in [-0.2, 0) is 0 Å². The molecule has 0 radical (unpaired) electrons. The van der Waals surface area contributed by atoms with E-state index in [1.165, 1.54) is 17.0 Å². The summed E-state index contributed by atoms with van der Waals surface area (Å²) in [6, 6.07) is 10.5. The number of amides is 1. The van der Waals surface area contributed by atoms with Crippen LogP contribution >= 0.6 is 0 Å². The van der Waals surface area contributed by atoms with Gasteiger partial charge in [0.25, 0.3) is 5.91 Å². The molecule has 1 atom stereocenters. The maximum absolute atomic E-state index is 13.4. The minimum atomic E-state index is -0.533. The summed E-state index contributed by atoms with van der Waals surface area (Å²) in [5.41, 5.74) is 3.54. The molecule has 0 spiro atoms. The zero-order valence-corrected chi connectivity index (χ0v) is 14.6. The fraction of sp³-hybridized carbons (Fsp3) is 0.200. The van der Waals surface area contributed by atoms with Crippen LogP contribution < -0.4 is 0 Å². The minimum absolute atomic E-state index is 0.0563. The van der Waals surface area contributed by atoms with Crippen LogP contribution in [0.2, 0.25) is 0 Å². The minimum Gasteiger partial charge on any atom is -0.507 e. The van der Waals surface area contributed by atoms with Gasteiger partial charge < -0.3 is 15.1 Å². The van der Waals surface area contributed by atoms with E-state index in [1.807, 2.05) is 6.92 Å². The summed E-state index contributed by atoms with van der Waals surface area (Å²) >= 11 is 0. The number of hydrogen-bond donors (Lipinski definition) is 3. The van der Waals surface area contributed by atoms with E-state index < -0.39 is 6.04 Å². The van der Waals surface area contributed by atoms with Gasteiger partial charge in [0.15, 0.2) is 0 Å². The van der Waals surface area contributed by atoms with Gasteiger partial charge in [0.05, 0.1) is 12.6 Å². The predicted molar refractivity (Wildman–Crippen MR) is 96.8 cm³/mol. The quantitative estimate of drug-likeness (QED) is 0.661. The van der Waals surface area contributed by atoms with E-state index in [4.69, 9.17) is 0 Å². The van der Waals surface area contributed by atoms with E-state index in [-0.39, 0.29) is 30.6 Å². The van der Waals surface area contributed by atoms with E-state index in [1.54, 1.807) is 30.3 Å². The van der Waals surface area contributed by atoms with E-state index in [2.05, 4.69) is 10.2 Å². The Morgan fingerprint density at radius 3 is 2.67 bits per heavy atom. The van der Waals surface area contributed by atoms with E-state index in [0.717, 1.165) is 5.56 Å². The second-order valence-electron chi connectivity index (χ2n) is 6.56. The average Bonchev–Trinajstić information content (AvgIpc) is 3.19. The number of hydrogen-bond acceptors (Lipinski definition) is 4. The van der Waals surface area contributed by atoms with E-state index in [0.29, 0.717) is 28.1 Å². The molecule has 0 saturated carbocycles. The van der Waals surface area contributed by atoms with Gasteiger partial charge in [0.2, 0.25) is 0 Å². The number of aromatic amines is 1. The van der Waals surface area contributed by atoms with Crippen molar-refractivity contribution in [1.82, 2.24) is 15.1 Å². The highest BCUT2D eigenvalue weighted by Crippen LogP contribution is 2.44. The number of benzene rings is 2. The molecule has 27 heavy (non-hydrogen) atoms. The Morgan fingerprint density at radius 1 is 1.22 bits per heavy atom. The standard InChI is InChI=1S/C20H18FN3O3/c1-11-2-7-15(26)14(10-11)17-16-18(23-22-17)20(27)24(8-9-25)19(16)12-3-5-13(21)6-4-12/h2-7,10,19,25-26H,8-9H2,1H3,(H,22,23)/t19-/m1/s1. The van der Waals surface area contributed by atoms with Crippen molar-refractivity contribution in [3.63, 3.8) is 0 Å². The first-order valence-corrected chi connectivity index (χ1v) is 8.56.